The van der Waals surface area contributed by atoms with Gasteiger partial charge in [-0.1, -0.05) is 23.2 Å². The molecule has 3 N–H and O–H groups in total. The Morgan fingerprint density at radius 3 is 2.08 bits per heavy atom. The third-order valence-electron chi connectivity index (χ3n) is 6.93. The molecule has 0 fully saturated rings. The summed E-state index contributed by atoms with van der Waals surface area (Å²) in [6, 6.07) is 17.6. The Labute approximate surface area is 224 Å². The van der Waals surface area contributed by atoms with Gasteiger partial charge in [0, 0.05) is 38.6 Å². The van der Waals surface area contributed by atoms with Gasteiger partial charge in [0.25, 0.3) is 0 Å². The highest BCUT2D eigenvalue weighted by molar-refractivity contribution is 6.31. The van der Waals surface area contributed by atoms with Crippen LogP contribution < -0.4 is 10.9 Å². The van der Waals surface area contributed by atoms with Crippen LogP contribution in [0, 0.1) is 6.92 Å². The summed E-state index contributed by atoms with van der Waals surface area (Å²) in [7, 11) is 0. The van der Waals surface area contributed by atoms with Gasteiger partial charge >= 0.3 is 11.9 Å². The number of aryl methyl sites for hydroxylation is 1. The SMILES string of the molecule is Cc1ccc2c(c1)c(=O)c1cc3[nH]c4ccc(Cl)cc4c(=O)c3cc1n2Cc1cc(C(=O)O)cc(C(=O)O)c1. The fraction of sp³-hybridized carbons (Fsp3) is 0.0667. The van der Waals surface area contributed by atoms with Crippen LogP contribution in [-0.4, -0.2) is 31.7 Å². The van der Waals surface area contributed by atoms with Crippen LogP contribution in [0.25, 0.3) is 43.6 Å². The molecule has 0 aliphatic rings. The first-order valence-corrected chi connectivity index (χ1v) is 12.3. The van der Waals surface area contributed by atoms with Crippen molar-refractivity contribution in [1.82, 2.24) is 9.55 Å². The average molecular weight is 539 g/mol. The topological polar surface area (TPSA) is 129 Å². The number of hydrogen-bond acceptors (Lipinski definition) is 4. The Bertz CT molecular complexity index is 2150. The molecule has 0 amide bonds. The number of halogens is 1. The first-order valence-electron chi connectivity index (χ1n) is 11.9. The van der Waals surface area contributed by atoms with E-state index in [1.165, 1.54) is 12.1 Å². The molecule has 39 heavy (non-hydrogen) atoms. The lowest BCUT2D eigenvalue weighted by Crippen LogP contribution is -2.15. The van der Waals surface area contributed by atoms with Gasteiger partial charge in [0.15, 0.2) is 10.9 Å². The Morgan fingerprint density at radius 2 is 1.38 bits per heavy atom. The average Bonchev–Trinajstić information content (AvgIpc) is 2.91. The van der Waals surface area contributed by atoms with Crippen molar-refractivity contribution in [2.24, 2.45) is 0 Å². The summed E-state index contributed by atoms with van der Waals surface area (Å²) in [4.78, 5) is 53.8. The molecule has 6 rings (SSSR count). The molecule has 0 unspecified atom stereocenters. The number of carbonyl (C=O) groups is 2. The van der Waals surface area contributed by atoms with Crippen molar-refractivity contribution >= 4 is 67.2 Å². The number of rotatable bonds is 4. The first kappa shape index (κ1) is 24.4. The van der Waals surface area contributed by atoms with Gasteiger partial charge in [-0.2, -0.15) is 0 Å². The predicted octanol–water partition coefficient (Wildman–Crippen LogP) is 5.56. The van der Waals surface area contributed by atoms with E-state index in [9.17, 15) is 29.4 Å². The van der Waals surface area contributed by atoms with Gasteiger partial charge in [-0.3, -0.25) is 9.59 Å². The molecule has 0 atom stereocenters. The van der Waals surface area contributed by atoms with E-state index >= 15 is 0 Å². The van der Waals surface area contributed by atoms with Crippen LogP contribution in [-0.2, 0) is 6.54 Å². The molecule has 0 aliphatic carbocycles. The number of pyridine rings is 2. The summed E-state index contributed by atoms with van der Waals surface area (Å²) in [5.41, 5.74) is 2.57. The number of carboxylic acids is 2. The van der Waals surface area contributed by atoms with E-state index in [-0.39, 0.29) is 28.5 Å². The second-order valence-electron chi connectivity index (χ2n) is 9.52. The Morgan fingerprint density at radius 1 is 0.744 bits per heavy atom. The molecule has 0 spiro atoms. The van der Waals surface area contributed by atoms with Crippen molar-refractivity contribution in [3.8, 4) is 0 Å². The largest absolute Gasteiger partial charge is 0.478 e. The number of carboxylic acid groups (broad SMARTS) is 2. The number of hydrogen-bond donors (Lipinski definition) is 3. The quantitative estimate of drug-likeness (QED) is 0.252. The summed E-state index contributed by atoms with van der Waals surface area (Å²) in [5.74, 6) is -2.51. The van der Waals surface area contributed by atoms with Crippen LogP contribution in [0.2, 0.25) is 5.02 Å². The maximum atomic E-state index is 13.7. The number of aromatic carboxylic acids is 2. The Kier molecular flexibility index (Phi) is 5.51. The maximum absolute atomic E-state index is 13.7. The molecule has 9 heteroatoms. The third-order valence-corrected chi connectivity index (χ3v) is 7.16. The van der Waals surface area contributed by atoms with Crippen LogP contribution in [0.15, 0.2) is 76.3 Å². The van der Waals surface area contributed by atoms with Crippen LogP contribution in [0.5, 0.6) is 0 Å². The number of benzene rings is 4. The molecule has 4 aromatic carbocycles. The van der Waals surface area contributed by atoms with E-state index < -0.39 is 11.9 Å². The lowest BCUT2D eigenvalue weighted by Gasteiger charge is -2.17. The molecule has 0 saturated carbocycles. The van der Waals surface area contributed by atoms with Crippen molar-refractivity contribution in [3.63, 3.8) is 0 Å². The van der Waals surface area contributed by atoms with Crippen molar-refractivity contribution in [2.45, 2.75) is 13.5 Å². The minimum Gasteiger partial charge on any atom is -0.478 e. The van der Waals surface area contributed by atoms with E-state index in [1.807, 2.05) is 13.0 Å². The zero-order valence-corrected chi connectivity index (χ0v) is 21.2. The van der Waals surface area contributed by atoms with Crippen molar-refractivity contribution < 1.29 is 19.8 Å². The second kappa shape index (κ2) is 8.82. The molecule has 6 aromatic rings. The Balaban J connectivity index is 1.73. The number of nitrogens with one attached hydrogen (secondary N) is 1. The number of fused-ring (bicyclic) bond motifs is 4. The minimum atomic E-state index is -1.26. The van der Waals surface area contributed by atoms with E-state index in [4.69, 9.17) is 11.6 Å². The summed E-state index contributed by atoms with van der Waals surface area (Å²) < 4.78 is 1.80. The van der Waals surface area contributed by atoms with Gasteiger partial charge < -0.3 is 19.8 Å². The highest BCUT2D eigenvalue weighted by Gasteiger charge is 2.17. The van der Waals surface area contributed by atoms with Gasteiger partial charge in [-0.15, -0.1) is 0 Å². The van der Waals surface area contributed by atoms with E-state index in [1.54, 1.807) is 47.0 Å². The van der Waals surface area contributed by atoms with Crippen molar-refractivity contribution in [3.05, 3.63) is 114 Å². The second-order valence-corrected chi connectivity index (χ2v) is 9.96. The van der Waals surface area contributed by atoms with E-state index in [2.05, 4.69) is 4.98 Å². The molecule has 8 nitrogen and oxygen atoms in total. The molecule has 192 valence electrons. The number of H-pyrrole nitrogens is 1. The fourth-order valence-electron chi connectivity index (χ4n) is 5.11. The van der Waals surface area contributed by atoms with Crippen LogP contribution in [0.1, 0.15) is 31.8 Å². The summed E-state index contributed by atoms with van der Waals surface area (Å²) >= 11 is 6.14. The van der Waals surface area contributed by atoms with E-state index in [0.717, 1.165) is 11.6 Å². The van der Waals surface area contributed by atoms with Crippen LogP contribution in [0.3, 0.4) is 0 Å². The lowest BCUT2D eigenvalue weighted by atomic mass is 10.0. The molecule has 0 radical (unpaired) electrons. The molecule has 0 aliphatic heterocycles. The van der Waals surface area contributed by atoms with Crippen LogP contribution >= 0.6 is 11.6 Å². The standard InChI is InChI=1S/C30H19ClN2O6/c1-14-2-5-25-21(6-14)28(35)22-11-24-20(27(34)19-10-18(31)3-4-23(19)32-24)12-26(22)33(25)13-15-7-16(29(36)37)9-17(8-15)30(38)39/h2-12H,13H2,1H3,(H,32,34)(H,36,37)(H,38,39). The summed E-state index contributed by atoms with van der Waals surface area (Å²) in [5, 5.41) is 21.1. The number of aromatic nitrogens is 2. The molecule has 2 heterocycles. The molecule has 0 bridgehead atoms. The summed E-state index contributed by atoms with van der Waals surface area (Å²) in [6.45, 7) is 1.93. The number of aromatic amines is 1. The normalized spacial score (nSPS) is 11.5. The third kappa shape index (κ3) is 4.02. The molecule has 2 aromatic heterocycles. The van der Waals surface area contributed by atoms with Gasteiger partial charge in [0.1, 0.15) is 0 Å². The highest BCUT2D eigenvalue weighted by atomic mass is 35.5. The van der Waals surface area contributed by atoms with Crippen molar-refractivity contribution in [1.29, 1.82) is 0 Å². The van der Waals surface area contributed by atoms with Crippen molar-refractivity contribution in [2.75, 3.05) is 0 Å². The minimum absolute atomic E-state index is 0.0561. The van der Waals surface area contributed by atoms with Gasteiger partial charge in [-0.25, -0.2) is 9.59 Å². The fourth-order valence-corrected chi connectivity index (χ4v) is 5.29. The predicted molar refractivity (Wildman–Crippen MR) is 151 cm³/mol. The lowest BCUT2D eigenvalue weighted by molar-refractivity contribution is 0.0696. The van der Waals surface area contributed by atoms with Gasteiger partial charge in [0.05, 0.1) is 27.7 Å². The maximum Gasteiger partial charge on any atom is 0.335 e. The smallest absolute Gasteiger partial charge is 0.335 e. The Hall–Kier alpha value is -4.95. The van der Waals surface area contributed by atoms with Crippen LogP contribution in [0.4, 0.5) is 0 Å². The molecule has 0 saturated heterocycles. The molecular weight excluding hydrogens is 520 g/mol. The van der Waals surface area contributed by atoms with E-state index in [0.29, 0.717) is 54.2 Å². The monoisotopic (exact) mass is 538 g/mol. The summed E-state index contributed by atoms with van der Waals surface area (Å²) in [6.07, 6.45) is 0. The first-order chi connectivity index (χ1) is 18.6. The highest BCUT2D eigenvalue weighted by Crippen LogP contribution is 2.27. The zero-order valence-electron chi connectivity index (χ0n) is 20.4. The molecular formula is C30H19ClN2O6. The number of nitrogens with zero attached hydrogens (tertiary/aromatic N) is 1. The zero-order chi connectivity index (χ0) is 27.6. The van der Waals surface area contributed by atoms with Gasteiger partial charge in [-0.05, 0) is 73.2 Å². The van der Waals surface area contributed by atoms with Gasteiger partial charge in [0.2, 0.25) is 0 Å².